The number of amides is 2. The van der Waals surface area contributed by atoms with Crippen LogP contribution < -0.4 is 20.1 Å². The highest BCUT2D eigenvalue weighted by atomic mass is 35.5. The monoisotopic (exact) mass is 476 g/mol. The predicted molar refractivity (Wildman–Crippen MR) is 132 cm³/mol. The Morgan fingerprint density at radius 2 is 1.71 bits per heavy atom. The minimum Gasteiger partial charge on any atom is -0.490 e. The molecule has 1 atom stereocenters. The number of nitrogens with one attached hydrogen (secondary N) is 2. The van der Waals surface area contributed by atoms with Crippen molar-refractivity contribution in [3.63, 3.8) is 0 Å². The van der Waals surface area contributed by atoms with Gasteiger partial charge in [0, 0.05) is 16.2 Å². The van der Waals surface area contributed by atoms with Crippen LogP contribution in [0.15, 0.2) is 78.4 Å². The topological polar surface area (TPSA) is 76.7 Å². The number of urea groups is 1. The Hall–Kier alpha value is -3.77. The molecule has 2 amide bonds. The number of benzene rings is 3. The van der Waals surface area contributed by atoms with Gasteiger partial charge in [-0.3, -0.25) is 4.79 Å². The molecule has 1 aliphatic rings. The van der Waals surface area contributed by atoms with Crippen molar-refractivity contribution in [3.8, 4) is 11.5 Å². The van der Waals surface area contributed by atoms with Crippen molar-refractivity contribution in [1.29, 1.82) is 0 Å². The smallest absolute Gasteiger partial charge is 0.320 e. The summed E-state index contributed by atoms with van der Waals surface area (Å²) in [6.45, 7) is 4.08. The van der Waals surface area contributed by atoms with Crippen LogP contribution >= 0.6 is 11.6 Å². The van der Waals surface area contributed by atoms with Crippen molar-refractivity contribution < 1.29 is 19.1 Å². The van der Waals surface area contributed by atoms with Crippen LogP contribution in [0.25, 0.3) is 5.70 Å². The lowest BCUT2D eigenvalue weighted by Crippen LogP contribution is -2.44. The fraction of sp³-hybridized carbons (Fsp3) is 0.185. The summed E-state index contributed by atoms with van der Waals surface area (Å²) in [5.74, 6) is 0.916. The van der Waals surface area contributed by atoms with Crippen LogP contribution in [-0.4, -0.2) is 18.4 Å². The SMILES string of the molecule is CCOc1cc([C@@H]2NC(=O)NC(c3ccccc3)=C2C(C)=O)ccc1OCc1ccccc1Cl. The Balaban J connectivity index is 1.71. The maximum atomic E-state index is 12.7. The second-order valence-electron chi connectivity index (χ2n) is 7.76. The standard InChI is InChI=1S/C27H25ClN2O4/c1-3-33-23-15-19(13-14-22(23)34-16-20-11-7-8-12-21(20)28)26-24(17(2)31)25(29-27(32)30-26)18-9-5-4-6-10-18/h4-15,26H,3,16H2,1-2H3,(H2,29,30,32)/t26-/m0/s1. The van der Waals surface area contributed by atoms with Gasteiger partial charge in [-0.05, 0) is 43.2 Å². The molecule has 0 aliphatic carbocycles. The lowest BCUT2D eigenvalue weighted by Gasteiger charge is -2.30. The van der Waals surface area contributed by atoms with E-state index in [2.05, 4.69) is 10.6 Å². The average molecular weight is 477 g/mol. The van der Waals surface area contributed by atoms with Crippen LogP contribution in [0.2, 0.25) is 5.02 Å². The lowest BCUT2D eigenvalue weighted by atomic mass is 9.90. The van der Waals surface area contributed by atoms with Gasteiger partial charge < -0.3 is 20.1 Å². The average Bonchev–Trinajstić information content (AvgIpc) is 2.84. The van der Waals surface area contributed by atoms with Crippen LogP contribution in [0.3, 0.4) is 0 Å². The van der Waals surface area contributed by atoms with Gasteiger partial charge in [-0.2, -0.15) is 0 Å². The number of ketones is 1. The third-order valence-corrected chi connectivity index (χ3v) is 5.82. The minimum absolute atomic E-state index is 0.145. The first kappa shape index (κ1) is 23.4. The zero-order valence-corrected chi connectivity index (χ0v) is 19.7. The number of carbonyl (C=O) groups is 2. The Morgan fingerprint density at radius 3 is 2.41 bits per heavy atom. The van der Waals surface area contributed by atoms with Crippen LogP contribution in [0.4, 0.5) is 4.79 Å². The molecule has 0 aromatic heterocycles. The number of Topliss-reactive ketones (excluding diaryl/α,β-unsaturated/α-hetero) is 1. The first-order valence-electron chi connectivity index (χ1n) is 11.0. The molecule has 0 bridgehead atoms. The van der Waals surface area contributed by atoms with Crippen molar-refractivity contribution in [2.24, 2.45) is 0 Å². The van der Waals surface area contributed by atoms with Gasteiger partial charge in [0.25, 0.3) is 0 Å². The summed E-state index contributed by atoms with van der Waals surface area (Å²) in [5.41, 5.74) is 3.30. The quantitative estimate of drug-likeness (QED) is 0.439. The molecular weight excluding hydrogens is 452 g/mol. The van der Waals surface area contributed by atoms with Crippen molar-refractivity contribution in [3.05, 3.63) is 100 Å². The van der Waals surface area contributed by atoms with E-state index >= 15 is 0 Å². The molecule has 0 fully saturated rings. The first-order valence-corrected chi connectivity index (χ1v) is 11.4. The van der Waals surface area contributed by atoms with Gasteiger partial charge in [-0.15, -0.1) is 0 Å². The van der Waals surface area contributed by atoms with E-state index in [0.29, 0.717) is 40.0 Å². The predicted octanol–water partition coefficient (Wildman–Crippen LogP) is 5.67. The lowest BCUT2D eigenvalue weighted by molar-refractivity contribution is -0.113. The Kier molecular flexibility index (Phi) is 7.18. The summed E-state index contributed by atoms with van der Waals surface area (Å²) in [5, 5.41) is 6.30. The van der Waals surface area contributed by atoms with Crippen molar-refractivity contribution in [2.75, 3.05) is 6.61 Å². The molecule has 6 nitrogen and oxygen atoms in total. The van der Waals surface area contributed by atoms with Crippen molar-refractivity contribution >= 4 is 29.1 Å². The fourth-order valence-electron chi connectivity index (χ4n) is 3.89. The van der Waals surface area contributed by atoms with E-state index in [9.17, 15) is 9.59 Å². The van der Waals surface area contributed by atoms with Crippen LogP contribution in [0.1, 0.15) is 36.6 Å². The van der Waals surface area contributed by atoms with Crippen LogP contribution in [-0.2, 0) is 11.4 Å². The van der Waals surface area contributed by atoms with Gasteiger partial charge in [0.2, 0.25) is 0 Å². The van der Waals surface area contributed by atoms with Gasteiger partial charge in [0.05, 0.1) is 18.3 Å². The highest BCUT2D eigenvalue weighted by molar-refractivity contribution is 6.31. The van der Waals surface area contributed by atoms with E-state index in [1.165, 1.54) is 6.92 Å². The maximum Gasteiger partial charge on any atom is 0.320 e. The number of carbonyl (C=O) groups excluding carboxylic acids is 2. The molecule has 4 rings (SSSR count). The molecule has 3 aromatic carbocycles. The number of halogens is 1. The van der Waals surface area contributed by atoms with Gasteiger partial charge in [-0.25, -0.2) is 4.79 Å². The molecule has 0 spiro atoms. The van der Waals surface area contributed by atoms with Crippen LogP contribution in [0.5, 0.6) is 11.5 Å². The third-order valence-electron chi connectivity index (χ3n) is 5.46. The van der Waals surface area contributed by atoms with Crippen molar-refractivity contribution in [1.82, 2.24) is 10.6 Å². The van der Waals surface area contributed by atoms with E-state index in [4.69, 9.17) is 21.1 Å². The fourth-order valence-corrected chi connectivity index (χ4v) is 4.08. The molecule has 0 unspecified atom stereocenters. The summed E-state index contributed by atoms with van der Waals surface area (Å²) >= 11 is 6.25. The van der Waals surface area contributed by atoms with Gasteiger partial charge in [0.1, 0.15) is 6.61 Å². The molecule has 0 radical (unpaired) electrons. The normalized spacial score (nSPS) is 15.4. The summed E-state index contributed by atoms with van der Waals surface area (Å²) < 4.78 is 11.8. The molecule has 7 heteroatoms. The van der Waals surface area contributed by atoms with Gasteiger partial charge in [0.15, 0.2) is 17.3 Å². The molecule has 2 N–H and O–H groups in total. The Bertz CT molecular complexity index is 1240. The summed E-state index contributed by atoms with van der Waals surface area (Å²) in [7, 11) is 0. The molecule has 0 saturated carbocycles. The van der Waals surface area contributed by atoms with Crippen LogP contribution in [0, 0.1) is 0 Å². The summed E-state index contributed by atoms with van der Waals surface area (Å²) in [6.07, 6.45) is 0. The Labute approximate surface area is 203 Å². The zero-order chi connectivity index (χ0) is 24.1. The molecule has 34 heavy (non-hydrogen) atoms. The van der Waals surface area contributed by atoms with Gasteiger partial charge >= 0.3 is 6.03 Å². The van der Waals surface area contributed by atoms with E-state index in [0.717, 1.165) is 11.1 Å². The second-order valence-corrected chi connectivity index (χ2v) is 8.17. The zero-order valence-electron chi connectivity index (χ0n) is 18.9. The van der Waals surface area contributed by atoms with E-state index < -0.39 is 6.04 Å². The molecule has 3 aromatic rings. The van der Waals surface area contributed by atoms with Gasteiger partial charge in [-0.1, -0.05) is 66.2 Å². The first-order chi connectivity index (χ1) is 16.5. The van der Waals surface area contributed by atoms with E-state index in [-0.39, 0.29) is 18.4 Å². The molecule has 1 aliphatic heterocycles. The van der Waals surface area contributed by atoms with Crippen molar-refractivity contribution in [2.45, 2.75) is 26.5 Å². The highest BCUT2D eigenvalue weighted by Gasteiger charge is 2.32. The summed E-state index contributed by atoms with van der Waals surface area (Å²) in [4.78, 5) is 25.3. The molecule has 1 heterocycles. The van der Waals surface area contributed by atoms with E-state index in [1.807, 2.05) is 67.6 Å². The maximum absolute atomic E-state index is 12.7. The molecule has 174 valence electrons. The molecular formula is C27H25ClN2O4. The number of hydrogen-bond donors (Lipinski definition) is 2. The van der Waals surface area contributed by atoms with E-state index in [1.54, 1.807) is 12.1 Å². The second kappa shape index (κ2) is 10.4. The third kappa shape index (κ3) is 5.07. The number of ether oxygens (including phenoxy) is 2. The summed E-state index contributed by atoms with van der Waals surface area (Å²) in [6, 6.07) is 21.2. The highest BCUT2D eigenvalue weighted by Crippen LogP contribution is 2.37. The largest absolute Gasteiger partial charge is 0.490 e. The number of hydrogen-bond acceptors (Lipinski definition) is 4. The molecule has 0 saturated heterocycles. The Morgan fingerprint density at radius 1 is 0.971 bits per heavy atom. The number of rotatable bonds is 8. The minimum atomic E-state index is -0.640.